The molecule has 0 aromatic heterocycles. The van der Waals surface area contributed by atoms with Crippen LogP contribution in [0.5, 0.6) is 0 Å². The van der Waals surface area contributed by atoms with Gasteiger partial charge >= 0.3 is 16.6 Å². The maximum absolute atomic E-state index is 6.94. The van der Waals surface area contributed by atoms with E-state index >= 15 is 0 Å². The minimum Gasteiger partial charge on any atom is -0.375 e. The van der Waals surface area contributed by atoms with Gasteiger partial charge in [0.1, 0.15) is 0 Å². The monoisotopic (exact) mass is 522 g/mol. The van der Waals surface area contributed by atoms with Crippen LogP contribution in [-0.4, -0.2) is 127 Å². The molecule has 6 fully saturated rings. The molecule has 6 aliphatic rings. The zero-order chi connectivity index (χ0) is 22.4. The van der Waals surface area contributed by atoms with Crippen molar-refractivity contribution < 1.29 is 26.6 Å². The Hall–Kier alpha value is 0.764. The molecular formula is C18H42N2O6Si5. The fourth-order valence-electron chi connectivity index (χ4n) is 6.57. The molecule has 4 bridgehead atoms. The zero-order valence-corrected chi connectivity index (χ0v) is 25.3. The van der Waals surface area contributed by atoms with E-state index in [1.807, 2.05) is 0 Å². The maximum Gasteiger partial charge on any atom is 0.471 e. The van der Waals surface area contributed by atoms with Crippen LogP contribution in [0.2, 0.25) is 39.3 Å². The molecule has 0 radical (unpaired) electrons. The summed E-state index contributed by atoms with van der Waals surface area (Å²) in [6, 6.07) is 0. The topological polar surface area (TPSA) is 61.9 Å². The summed E-state index contributed by atoms with van der Waals surface area (Å²) in [5.74, 6) is 0. The van der Waals surface area contributed by atoms with Crippen LogP contribution in [0.1, 0.15) is 0 Å². The van der Waals surface area contributed by atoms with E-state index in [9.17, 15) is 0 Å². The molecule has 180 valence electrons. The molecule has 0 amide bonds. The molecule has 6 saturated heterocycles. The fraction of sp³-hybridized carbons (Fsp3) is 1.00. The van der Waals surface area contributed by atoms with E-state index in [4.69, 9.17) is 26.6 Å². The van der Waals surface area contributed by atoms with E-state index in [1.165, 1.54) is 0 Å². The molecule has 0 spiro atoms. The molecule has 0 aromatic carbocycles. The molecule has 0 saturated carbocycles. The van der Waals surface area contributed by atoms with Gasteiger partial charge < -0.3 is 26.6 Å². The van der Waals surface area contributed by atoms with Gasteiger partial charge in [-0.3, -0.25) is 9.80 Å². The zero-order valence-electron chi connectivity index (χ0n) is 20.3. The van der Waals surface area contributed by atoms with Gasteiger partial charge in [0, 0.05) is 54.5 Å². The molecular weight excluding hydrogens is 481 g/mol. The Balaban J connectivity index is 1.95. The van der Waals surface area contributed by atoms with Crippen LogP contribution in [0.25, 0.3) is 0 Å². The summed E-state index contributed by atoms with van der Waals surface area (Å²) in [7, 11) is -10.1. The van der Waals surface area contributed by atoms with Gasteiger partial charge in [-0.15, -0.1) is 0 Å². The molecule has 0 aliphatic carbocycles. The lowest BCUT2D eigenvalue weighted by Gasteiger charge is -2.61. The summed E-state index contributed by atoms with van der Waals surface area (Å²) in [5, 5.41) is 0. The molecule has 31 heavy (non-hydrogen) atoms. The van der Waals surface area contributed by atoms with Crippen molar-refractivity contribution in [2.75, 3.05) is 78.9 Å². The van der Waals surface area contributed by atoms with Crippen molar-refractivity contribution in [1.82, 2.24) is 9.80 Å². The Bertz CT molecular complexity index is 539. The normalized spacial score (nSPS) is 38.5. The summed E-state index contributed by atoms with van der Waals surface area (Å²) < 4.78 is 41.6. The fourth-order valence-corrected chi connectivity index (χ4v) is 110. The van der Waals surface area contributed by atoms with Crippen molar-refractivity contribution in [1.29, 1.82) is 0 Å². The van der Waals surface area contributed by atoms with E-state index < -0.39 is 38.0 Å². The first kappa shape index (κ1) is 24.9. The number of hydrogen-bond donors (Lipinski definition) is 0. The Morgan fingerprint density at radius 3 is 0.871 bits per heavy atom. The second-order valence-electron chi connectivity index (χ2n) is 11.1. The number of nitrogens with zero attached hydrogens (tertiary/aromatic N) is 2. The van der Waals surface area contributed by atoms with Gasteiger partial charge in [0.15, 0.2) is 0 Å². The Kier molecular flexibility index (Phi) is 7.29. The summed E-state index contributed by atoms with van der Waals surface area (Å²) in [6.45, 7) is 24.8. The average Bonchev–Trinajstić information content (AvgIpc) is 2.53. The SMILES string of the molecule is C[Si](C)(C)[Si]([Si](C)(C)C)([Si]12OCCN(CCO1)CCO2)[Si]12OCCN(CCO1)CCO2. The lowest BCUT2D eigenvalue weighted by atomic mass is 10.4. The van der Waals surface area contributed by atoms with Crippen molar-refractivity contribution >= 4 is 38.0 Å². The van der Waals surface area contributed by atoms with Gasteiger partial charge in [-0.05, 0) is 0 Å². The van der Waals surface area contributed by atoms with Crippen molar-refractivity contribution in [2.24, 2.45) is 0 Å². The van der Waals surface area contributed by atoms with Crippen LogP contribution in [-0.2, 0) is 26.6 Å². The van der Waals surface area contributed by atoms with E-state index in [-0.39, 0.29) is 0 Å². The smallest absolute Gasteiger partial charge is 0.375 e. The molecule has 6 aliphatic heterocycles. The number of hydrogen-bond acceptors (Lipinski definition) is 8. The third-order valence-electron chi connectivity index (χ3n) is 7.37. The maximum atomic E-state index is 6.94. The third-order valence-corrected chi connectivity index (χ3v) is 95.9. The molecule has 13 heteroatoms. The Morgan fingerprint density at radius 1 is 0.452 bits per heavy atom. The highest BCUT2D eigenvalue weighted by atomic mass is 30.2. The lowest BCUT2D eigenvalue weighted by Crippen LogP contribution is -2.99. The van der Waals surface area contributed by atoms with E-state index in [0.29, 0.717) is 39.6 Å². The van der Waals surface area contributed by atoms with Gasteiger partial charge in [0.2, 0.25) is 6.14 Å². The predicted molar refractivity (Wildman–Crippen MR) is 133 cm³/mol. The van der Waals surface area contributed by atoms with E-state index in [0.717, 1.165) is 39.3 Å². The standard InChI is InChI=1S/C18H42N2O6Si5/c1-27(2,3)31(28(4,5)6,29-21-13-7-19(8-14-22-29)9-15-23-29)30-24-16-10-20(11-17-25-30)12-18-26-30/h7-18H2,1-6H3. The molecule has 6 rings (SSSR count). The second-order valence-corrected chi connectivity index (χ2v) is 56.3. The van der Waals surface area contributed by atoms with Gasteiger partial charge in [0.25, 0.3) is 0 Å². The first-order chi connectivity index (χ1) is 14.6. The van der Waals surface area contributed by atoms with Gasteiger partial charge in [-0.25, -0.2) is 0 Å². The second kappa shape index (κ2) is 9.09. The first-order valence-electron chi connectivity index (χ1n) is 11.9. The third kappa shape index (κ3) is 4.10. The van der Waals surface area contributed by atoms with Gasteiger partial charge in [-0.1, -0.05) is 39.3 Å². The number of fused-ring (bicyclic) bond motifs is 12. The van der Waals surface area contributed by atoms with Crippen molar-refractivity contribution in [3.63, 3.8) is 0 Å². The molecule has 8 nitrogen and oxygen atoms in total. The van der Waals surface area contributed by atoms with Crippen molar-refractivity contribution in [3.8, 4) is 0 Å². The summed E-state index contributed by atoms with van der Waals surface area (Å²) in [4.78, 5) is 4.78. The highest BCUT2D eigenvalue weighted by molar-refractivity contribution is 8.03. The quantitative estimate of drug-likeness (QED) is 0.508. The summed E-state index contributed by atoms with van der Waals surface area (Å²) in [5.41, 5.74) is 0. The Morgan fingerprint density at radius 2 is 0.677 bits per heavy atom. The molecule has 6 heterocycles. The van der Waals surface area contributed by atoms with Crippen LogP contribution < -0.4 is 0 Å². The average molecular weight is 523 g/mol. The highest BCUT2D eigenvalue weighted by Gasteiger charge is 2.87. The van der Waals surface area contributed by atoms with E-state index in [2.05, 4.69) is 49.1 Å². The van der Waals surface area contributed by atoms with Crippen molar-refractivity contribution in [2.45, 2.75) is 39.3 Å². The molecule has 0 aromatic rings. The van der Waals surface area contributed by atoms with Crippen LogP contribution in [0.4, 0.5) is 0 Å². The minimum absolute atomic E-state index is 0.675. The van der Waals surface area contributed by atoms with Crippen LogP contribution in [0.15, 0.2) is 0 Å². The Labute approximate surface area is 192 Å². The van der Waals surface area contributed by atoms with Gasteiger partial charge in [0.05, 0.1) is 39.6 Å². The van der Waals surface area contributed by atoms with Crippen LogP contribution in [0.3, 0.4) is 0 Å². The number of rotatable bonds is 4. The molecule has 0 N–H and O–H groups in total. The first-order valence-corrected chi connectivity index (χ1v) is 28.3. The molecule has 0 atom stereocenters. The highest BCUT2D eigenvalue weighted by Crippen LogP contribution is 2.47. The van der Waals surface area contributed by atoms with Crippen molar-refractivity contribution in [3.05, 3.63) is 0 Å². The summed E-state index contributed by atoms with van der Waals surface area (Å²) >= 11 is 0. The van der Waals surface area contributed by atoms with Gasteiger partial charge in [-0.2, -0.15) is 0 Å². The lowest BCUT2D eigenvalue weighted by molar-refractivity contribution is -0.00363. The summed E-state index contributed by atoms with van der Waals surface area (Å²) in [6.07, 6.45) is -2.61. The largest absolute Gasteiger partial charge is 0.471 e. The molecule has 0 unspecified atom stereocenters. The van der Waals surface area contributed by atoms with E-state index in [1.54, 1.807) is 0 Å². The predicted octanol–water partition coefficient (Wildman–Crippen LogP) is 1.06. The van der Waals surface area contributed by atoms with Crippen LogP contribution in [0, 0.1) is 0 Å². The van der Waals surface area contributed by atoms with Crippen LogP contribution >= 0.6 is 0 Å². The minimum atomic E-state index is -3.09.